The van der Waals surface area contributed by atoms with Crippen LogP contribution >= 0.6 is 23.2 Å². The van der Waals surface area contributed by atoms with Crippen LogP contribution in [-0.4, -0.2) is 19.2 Å². The van der Waals surface area contributed by atoms with E-state index in [-0.39, 0.29) is 4.90 Å². The lowest BCUT2D eigenvalue weighted by Crippen LogP contribution is -2.29. The highest BCUT2D eigenvalue weighted by molar-refractivity contribution is 7.92. The molecule has 3 rings (SSSR count). The Hall–Kier alpha value is -1.58. The fourth-order valence-electron chi connectivity index (χ4n) is 2.83. The maximum atomic E-state index is 12.8. The zero-order valence-electron chi connectivity index (χ0n) is 11.8. The molecule has 1 aliphatic carbocycles. The Morgan fingerprint density at radius 1 is 1.00 bits per heavy atom. The standard InChI is InChI=1S/C16H12Cl2N2O2S/c17-11-3-1-10(2-4-11)14-15(16(14,20)9-19)23(21,22)13-7-5-12(18)6-8-13/h1-8,14-15H,20H2/t14-,15-,16+/m1/s1. The summed E-state index contributed by atoms with van der Waals surface area (Å²) in [5.41, 5.74) is 5.29. The van der Waals surface area contributed by atoms with Crippen LogP contribution in [0.25, 0.3) is 0 Å². The van der Waals surface area contributed by atoms with Gasteiger partial charge >= 0.3 is 0 Å². The molecule has 0 amide bonds. The average Bonchev–Trinajstić information content (AvgIpc) is 3.16. The fourth-order valence-corrected chi connectivity index (χ4v) is 5.27. The molecule has 0 spiro atoms. The van der Waals surface area contributed by atoms with Gasteiger partial charge in [0.1, 0.15) is 10.8 Å². The highest BCUT2D eigenvalue weighted by Crippen LogP contribution is 2.55. The predicted octanol–water partition coefficient (Wildman–Crippen LogP) is 3.15. The predicted molar refractivity (Wildman–Crippen MR) is 89.2 cm³/mol. The average molecular weight is 367 g/mol. The number of nitrogens with two attached hydrogens (primary N) is 1. The van der Waals surface area contributed by atoms with E-state index in [0.717, 1.165) is 0 Å². The van der Waals surface area contributed by atoms with Gasteiger partial charge in [-0.25, -0.2) is 8.42 Å². The lowest BCUT2D eigenvalue weighted by atomic mass is 10.1. The molecule has 2 N–H and O–H groups in total. The molecular formula is C16H12Cl2N2O2S. The van der Waals surface area contributed by atoms with Crippen molar-refractivity contribution >= 4 is 33.0 Å². The molecular weight excluding hydrogens is 355 g/mol. The van der Waals surface area contributed by atoms with E-state index in [2.05, 4.69) is 0 Å². The first-order valence-electron chi connectivity index (χ1n) is 6.76. The smallest absolute Gasteiger partial charge is 0.184 e. The molecule has 0 unspecified atom stereocenters. The first kappa shape index (κ1) is 16.3. The van der Waals surface area contributed by atoms with Crippen LogP contribution in [-0.2, 0) is 9.84 Å². The normalized spacial score (nSPS) is 26.5. The lowest BCUT2D eigenvalue weighted by molar-refractivity contribution is 0.592. The van der Waals surface area contributed by atoms with Crippen molar-refractivity contribution in [3.8, 4) is 6.07 Å². The minimum Gasteiger partial charge on any atom is -0.312 e. The monoisotopic (exact) mass is 366 g/mol. The molecule has 23 heavy (non-hydrogen) atoms. The summed E-state index contributed by atoms with van der Waals surface area (Å²) in [6.07, 6.45) is 0. The molecule has 4 nitrogen and oxygen atoms in total. The van der Waals surface area contributed by atoms with Crippen molar-refractivity contribution in [1.29, 1.82) is 5.26 Å². The van der Waals surface area contributed by atoms with Crippen molar-refractivity contribution in [3.63, 3.8) is 0 Å². The maximum absolute atomic E-state index is 12.8. The molecule has 118 valence electrons. The number of rotatable bonds is 3. The van der Waals surface area contributed by atoms with Gasteiger partial charge in [-0.3, -0.25) is 0 Å². The van der Waals surface area contributed by atoms with E-state index in [1.54, 1.807) is 24.3 Å². The number of sulfone groups is 1. The SMILES string of the molecule is N#C[C@]1(N)[C@H](c2ccc(Cl)cc2)[C@H]1S(=O)(=O)c1ccc(Cl)cc1. The number of nitrogens with zero attached hydrogens (tertiary/aromatic N) is 1. The molecule has 1 aliphatic rings. The van der Waals surface area contributed by atoms with Gasteiger partial charge in [-0.05, 0) is 42.0 Å². The number of halogens is 2. The Kier molecular flexibility index (Phi) is 3.89. The molecule has 2 aromatic rings. The number of hydrogen-bond acceptors (Lipinski definition) is 4. The molecule has 2 aromatic carbocycles. The van der Waals surface area contributed by atoms with E-state index in [9.17, 15) is 13.7 Å². The maximum Gasteiger partial charge on any atom is 0.184 e. The van der Waals surface area contributed by atoms with Gasteiger partial charge in [0, 0.05) is 16.0 Å². The van der Waals surface area contributed by atoms with Gasteiger partial charge in [-0.1, -0.05) is 35.3 Å². The van der Waals surface area contributed by atoms with Crippen molar-refractivity contribution in [2.75, 3.05) is 0 Å². The summed E-state index contributed by atoms with van der Waals surface area (Å²) in [6.45, 7) is 0. The summed E-state index contributed by atoms with van der Waals surface area (Å²) in [6, 6.07) is 14.5. The van der Waals surface area contributed by atoms with Crippen molar-refractivity contribution < 1.29 is 8.42 Å². The van der Waals surface area contributed by atoms with Crippen LogP contribution in [0.2, 0.25) is 10.0 Å². The van der Waals surface area contributed by atoms with E-state index in [1.165, 1.54) is 24.3 Å². The second-order valence-electron chi connectivity index (χ2n) is 5.49. The summed E-state index contributed by atoms with van der Waals surface area (Å²) in [4.78, 5) is 0.105. The Bertz CT molecular complexity index is 889. The third-order valence-corrected chi connectivity index (χ3v) is 6.84. The molecule has 0 aliphatic heterocycles. The number of benzene rings is 2. The highest BCUT2D eigenvalue weighted by atomic mass is 35.5. The molecule has 0 saturated heterocycles. The second kappa shape index (κ2) is 5.50. The highest BCUT2D eigenvalue weighted by Gasteiger charge is 2.70. The summed E-state index contributed by atoms with van der Waals surface area (Å²) in [5.74, 6) is -0.592. The minimum absolute atomic E-state index is 0.105. The number of hydrogen-bond donors (Lipinski definition) is 1. The Balaban J connectivity index is 2.03. The molecule has 3 atom stereocenters. The van der Waals surface area contributed by atoms with Gasteiger partial charge < -0.3 is 5.73 Å². The van der Waals surface area contributed by atoms with Crippen molar-refractivity contribution in [2.24, 2.45) is 5.73 Å². The van der Waals surface area contributed by atoms with Crippen LogP contribution in [0.1, 0.15) is 11.5 Å². The van der Waals surface area contributed by atoms with E-state index >= 15 is 0 Å². The Labute approximate surface area is 144 Å². The Morgan fingerprint density at radius 3 is 1.96 bits per heavy atom. The van der Waals surface area contributed by atoms with Gasteiger partial charge in [0.2, 0.25) is 0 Å². The van der Waals surface area contributed by atoms with Crippen LogP contribution in [0.15, 0.2) is 53.4 Å². The van der Waals surface area contributed by atoms with Crippen LogP contribution < -0.4 is 5.73 Å². The molecule has 1 fully saturated rings. The third kappa shape index (κ3) is 2.62. The molecule has 0 heterocycles. The van der Waals surface area contributed by atoms with Crippen molar-refractivity contribution in [3.05, 3.63) is 64.1 Å². The first-order valence-corrected chi connectivity index (χ1v) is 9.06. The summed E-state index contributed by atoms with van der Waals surface area (Å²) >= 11 is 11.6. The zero-order chi connectivity index (χ0) is 16.8. The van der Waals surface area contributed by atoms with E-state index < -0.39 is 26.5 Å². The molecule has 0 radical (unpaired) electrons. The van der Waals surface area contributed by atoms with Gasteiger partial charge in [0.25, 0.3) is 0 Å². The summed E-state index contributed by atoms with van der Waals surface area (Å²) < 4.78 is 25.7. The van der Waals surface area contributed by atoms with E-state index in [4.69, 9.17) is 28.9 Å². The molecule has 0 bridgehead atoms. The van der Waals surface area contributed by atoms with Gasteiger partial charge in [0.15, 0.2) is 9.84 Å². The van der Waals surface area contributed by atoms with Crippen LogP contribution in [0.4, 0.5) is 0 Å². The Morgan fingerprint density at radius 2 is 1.48 bits per heavy atom. The molecule has 0 aromatic heterocycles. The van der Waals surface area contributed by atoms with Crippen molar-refractivity contribution in [2.45, 2.75) is 21.6 Å². The van der Waals surface area contributed by atoms with Gasteiger partial charge in [-0.2, -0.15) is 5.26 Å². The summed E-state index contributed by atoms with van der Waals surface area (Å²) in [7, 11) is -3.75. The zero-order valence-corrected chi connectivity index (χ0v) is 14.1. The largest absolute Gasteiger partial charge is 0.312 e. The topological polar surface area (TPSA) is 83.9 Å². The van der Waals surface area contributed by atoms with Gasteiger partial charge in [0.05, 0.1) is 11.0 Å². The summed E-state index contributed by atoms with van der Waals surface area (Å²) in [5, 5.41) is 9.36. The quantitative estimate of drug-likeness (QED) is 0.903. The second-order valence-corrected chi connectivity index (χ2v) is 8.44. The van der Waals surface area contributed by atoms with Gasteiger partial charge in [-0.15, -0.1) is 0 Å². The third-order valence-electron chi connectivity index (χ3n) is 4.08. The van der Waals surface area contributed by atoms with Crippen molar-refractivity contribution in [1.82, 2.24) is 0 Å². The molecule has 7 heteroatoms. The molecule has 1 saturated carbocycles. The van der Waals surface area contributed by atoms with Crippen LogP contribution in [0.5, 0.6) is 0 Å². The van der Waals surface area contributed by atoms with E-state index in [0.29, 0.717) is 15.6 Å². The minimum atomic E-state index is -3.75. The van der Waals surface area contributed by atoms with Crippen LogP contribution in [0, 0.1) is 11.3 Å². The van der Waals surface area contributed by atoms with E-state index in [1.807, 2.05) is 6.07 Å². The fraction of sp³-hybridized carbons (Fsp3) is 0.188. The lowest BCUT2D eigenvalue weighted by Gasteiger charge is -2.04. The van der Waals surface area contributed by atoms with Crippen LogP contribution in [0.3, 0.4) is 0 Å². The number of nitriles is 1. The first-order chi connectivity index (χ1) is 10.8.